The Kier molecular flexibility index (Phi) is 3.03. The molecule has 2 nitrogen and oxygen atoms in total. The molecular formula is C5H8O2S. The first-order chi connectivity index (χ1) is 4.00. The second kappa shape index (κ2) is 3.95. The van der Waals surface area contributed by atoms with Gasteiger partial charge in [-0.1, -0.05) is 12.2 Å². The Hall–Kier alpha value is 0.01000. The number of hydrogen-bond donors (Lipinski definition) is 0. The van der Waals surface area contributed by atoms with Crippen molar-refractivity contribution in [3.63, 3.8) is 0 Å². The Morgan fingerprint density at radius 1 is 1.25 bits per heavy atom. The predicted octanol–water partition coefficient (Wildman–Crippen LogP) is 1.54. The van der Waals surface area contributed by atoms with E-state index in [4.69, 9.17) is 8.37 Å². The first kappa shape index (κ1) is 6.13. The Balaban J connectivity index is 2.17. The van der Waals surface area contributed by atoms with Crippen LogP contribution >= 0.6 is 12.3 Å². The lowest BCUT2D eigenvalue weighted by atomic mass is 10.4. The summed E-state index contributed by atoms with van der Waals surface area (Å²) in [5.41, 5.74) is 0. The van der Waals surface area contributed by atoms with Gasteiger partial charge in [0.05, 0.1) is 13.2 Å². The maximum atomic E-state index is 4.92. The Morgan fingerprint density at radius 2 is 2.25 bits per heavy atom. The van der Waals surface area contributed by atoms with Crippen molar-refractivity contribution in [3.8, 4) is 0 Å². The van der Waals surface area contributed by atoms with Crippen LogP contribution in [0.2, 0.25) is 0 Å². The van der Waals surface area contributed by atoms with Crippen LogP contribution in [0, 0.1) is 0 Å². The molecule has 1 rings (SSSR count). The third-order valence-corrected chi connectivity index (χ3v) is 1.29. The third-order valence-electron chi connectivity index (χ3n) is 0.795. The minimum atomic E-state index is 0.657. The maximum Gasteiger partial charge on any atom is 0.158 e. The third kappa shape index (κ3) is 2.35. The average molecular weight is 132 g/mol. The van der Waals surface area contributed by atoms with Crippen LogP contribution in [0.15, 0.2) is 12.2 Å². The van der Waals surface area contributed by atoms with E-state index < -0.39 is 0 Å². The quantitative estimate of drug-likeness (QED) is 0.368. The smallest absolute Gasteiger partial charge is 0.158 e. The van der Waals surface area contributed by atoms with Gasteiger partial charge in [-0.3, -0.25) is 8.37 Å². The van der Waals surface area contributed by atoms with Crippen LogP contribution in [0.4, 0.5) is 0 Å². The summed E-state index contributed by atoms with van der Waals surface area (Å²) < 4.78 is 9.80. The van der Waals surface area contributed by atoms with E-state index in [0.717, 1.165) is 25.4 Å². The van der Waals surface area contributed by atoms with Gasteiger partial charge in [0.2, 0.25) is 0 Å². The lowest BCUT2D eigenvalue weighted by Crippen LogP contribution is -1.90. The molecule has 1 aliphatic rings. The summed E-state index contributed by atoms with van der Waals surface area (Å²) in [6.45, 7) is 1.41. The van der Waals surface area contributed by atoms with Crippen molar-refractivity contribution in [3.05, 3.63) is 12.2 Å². The van der Waals surface area contributed by atoms with Gasteiger partial charge in [0.1, 0.15) is 0 Å². The highest BCUT2D eigenvalue weighted by Gasteiger charge is 1.90. The SMILES string of the molecule is C1=C\COSOCC/1. The highest BCUT2D eigenvalue weighted by molar-refractivity contribution is 7.89. The van der Waals surface area contributed by atoms with Crippen molar-refractivity contribution >= 4 is 12.3 Å². The lowest BCUT2D eigenvalue weighted by molar-refractivity contribution is 0.303. The van der Waals surface area contributed by atoms with Crippen molar-refractivity contribution < 1.29 is 8.37 Å². The highest BCUT2D eigenvalue weighted by Crippen LogP contribution is 2.07. The molecule has 0 amide bonds. The molecule has 0 saturated carbocycles. The average Bonchev–Trinajstić information content (AvgIpc) is 1.62. The van der Waals surface area contributed by atoms with Gasteiger partial charge in [-0.05, 0) is 6.42 Å². The molecule has 1 aliphatic heterocycles. The predicted molar refractivity (Wildman–Crippen MR) is 33.3 cm³/mol. The molecule has 0 saturated heterocycles. The van der Waals surface area contributed by atoms with Gasteiger partial charge in [-0.2, -0.15) is 0 Å². The first-order valence-electron chi connectivity index (χ1n) is 2.56. The summed E-state index contributed by atoms with van der Waals surface area (Å²) >= 11 is 1.08. The molecule has 0 aliphatic carbocycles. The van der Waals surface area contributed by atoms with E-state index in [1.165, 1.54) is 0 Å². The molecule has 0 aromatic heterocycles. The van der Waals surface area contributed by atoms with Gasteiger partial charge < -0.3 is 0 Å². The molecule has 0 unspecified atom stereocenters. The fraction of sp³-hybridized carbons (Fsp3) is 0.600. The molecule has 0 fully saturated rings. The van der Waals surface area contributed by atoms with Gasteiger partial charge in [0.15, 0.2) is 12.3 Å². The monoisotopic (exact) mass is 132 g/mol. The molecular weight excluding hydrogens is 124 g/mol. The van der Waals surface area contributed by atoms with Gasteiger partial charge in [-0.25, -0.2) is 0 Å². The van der Waals surface area contributed by atoms with Gasteiger partial charge in [0, 0.05) is 0 Å². The van der Waals surface area contributed by atoms with E-state index in [1.807, 2.05) is 6.08 Å². The minimum absolute atomic E-state index is 0.657. The maximum absolute atomic E-state index is 4.92. The molecule has 0 bridgehead atoms. The topological polar surface area (TPSA) is 18.5 Å². The standard InChI is InChI=1S/C5H8O2S/c1-2-4-6-8-7-5-3-1/h1-2H,3-5H2/b2-1-. The highest BCUT2D eigenvalue weighted by atomic mass is 32.2. The van der Waals surface area contributed by atoms with Crippen LogP contribution in [0.5, 0.6) is 0 Å². The summed E-state index contributed by atoms with van der Waals surface area (Å²) in [6, 6.07) is 0. The van der Waals surface area contributed by atoms with Gasteiger partial charge in [-0.15, -0.1) is 0 Å². The number of hydrogen-bond acceptors (Lipinski definition) is 3. The van der Waals surface area contributed by atoms with Crippen LogP contribution in [0.25, 0.3) is 0 Å². The summed E-state index contributed by atoms with van der Waals surface area (Å²) in [7, 11) is 0. The zero-order chi connectivity index (χ0) is 5.66. The molecule has 0 N–H and O–H groups in total. The zero-order valence-electron chi connectivity index (χ0n) is 4.50. The van der Waals surface area contributed by atoms with E-state index in [0.29, 0.717) is 6.61 Å². The Bertz CT molecular complexity index is 72.5. The van der Waals surface area contributed by atoms with Crippen LogP contribution in [0.1, 0.15) is 6.42 Å². The van der Waals surface area contributed by atoms with E-state index in [1.54, 1.807) is 0 Å². The van der Waals surface area contributed by atoms with E-state index >= 15 is 0 Å². The van der Waals surface area contributed by atoms with Crippen LogP contribution in [0.3, 0.4) is 0 Å². The van der Waals surface area contributed by atoms with Crippen LogP contribution in [-0.4, -0.2) is 13.2 Å². The molecule has 1 heterocycles. The lowest BCUT2D eigenvalue weighted by Gasteiger charge is -2.01. The van der Waals surface area contributed by atoms with E-state index in [-0.39, 0.29) is 0 Å². The van der Waals surface area contributed by atoms with Crippen LogP contribution < -0.4 is 0 Å². The largest absolute Gasteiger partial charge is 0.291 e. The van der Waals surface area contributed by atoms with Crippen molar-refractivity contribution in [2.45, 2.75) is 6.42 Å². The van der Waals surface area contributed by atoms with Crippen molar-refractivity contribution in [2.75, 3.05) is 13.2 Å². The second-order valence-electron chi connectivity index (χ2n) is 1.43. The number of rotatable bonds is 0. The molecule has 8 heavy (non-hydrogen) atoms. The summed E-state index contributed by atoms with van der Waals surface area (Å²) in [4.78, 5) is 0. The second-order valence-corrected chi connectivity index (χ2v) is 2.04. The fourth-order valence-corrected chi connectivity index (χ4v) is 0.804. The van der Waals surface area contributed by atoms with E-state index in [2.05, 4.69) is 6.08 Å². The van der Waals surface area contributed by atoms with Crippen molar-refractivity contribution in [1.82, 2.24) is 0 Å². The molecule has 0 spiro atoms. The van der Waals surface area contributed by atoms with Gasteiger partial charge in [0.25, 0.3) is 0 Å². The van der Waals surface area contributed by atoms with Crippen LogP contribution in [-0.2, 0) is 8.37 Å². The Morgan fingerprint density at radius 3 is 3.25 bits per heavy atom. The first-order valence-corrected chi connectivity index (χ1v) is 3.23. The zero-order valence-corrected chi connectivity index (χ0v) is 5.32. The molecule has 0 aromatic carbocycles. The molecule has 3 heteroatoms. The molecule has 0 radical (unpaired) electrons. The summed E-state index contributed by atoms with van der Waals surface area (Å²) in [5.74, 6) is 0. The Labute approximate surface area is 53.3 Å². The molecule has 0 aromatic rings. The van der Waals surface area contributed by atoms with Crippen molar-refractivity contribution in [2.24, 2.45) is 0 Å². The minimum Gasteiger partial charge on any atom is -0.291 e. The van der Waals surface area contributed by atoms with E-state index in [9.17, 15) is 0 Å². The normalized spacial score (nSPS) is 26.0. The molecule has 0 atom stereocenters. The summed E-state index contributed by atoms with van der Waals surface area (Å²) in [5, 5.41) is 0. The molecule has 46 valence electrons. The fourth-order valence-electron chi connectivity index (χ4n) is 0.437. The van der Waals surface area contributed by atoms with Crippen molar-refractivity contribution in [1.29, 1.82) is 0 Å². The summed E-state index contributed by atoms with van der Waals surface area (Å²) in [6.07, 6.45) is 5.05. The van der Waals surface area contributed by atoms with Gasteiger partial charge >= 0.3 is 0 Å².